The molecular formula is C15H10N3NaOS. The van der Waals surface area contributed by atoms with E-state index in [0.717, 1.165) is 11.7 Å². The first-order valence-electron chi connectivity index (χ1n) is 6.01. The molecule has 0 bridgehead atoms. The molecule has 4 nitrogen and oxygen atoms in total. The first kappa shape index (κ1) is 15.8. The number of rotatable bonds is 3. The van der Waals surface area contributed by atoms with Crippen LogP contribution in [-0.2, 0) is 0 Å². The summed E-state index contributed by atoms with van der Waals surface area (Å²) in [5.74, 6) is -1.07. The summed E-state index contributed by atoms with van der Waals surface area (Å²) in [7, 11) is 0. The molecular weight excluding hydrogens is 293 g/mol. The molecule has 0 saturated carbocycles. The predicted octanol–water partition coefficient (Wildman–Crippen LogP) is 2.53. The van der Waals surface area contributed by atoms with E-state index >= 15 is 0 Å². The van der Waals surface area contributed by atoms with Crippen molar-refractivity contribution in [2.24, 2.45) is 0 Å². The van der Waals surface area contributed by atoms with Crippen LogP contribution in [0.1, 0.15) is 21.8 Å². The molecule has 0 spiro atoms. The number of aromatic nitrogens is 2. The van der Waals surface area contributed by atoms with Crippen LogP contribution < -0.4 is 0 Å². The van der Waals surface area contributed by atoms with Crippen molar-refractivity contribution in [3.05, 3.63) is 59.7 Å². The van der Waals surface area contributed by atoms with Gasteiger partial charge >= 0.3 is 29.6 Å². The summed E-state index contributed by atoms with van der Waals surface area (Å²) in [4.78, 5) is 12.5. The molecule has 21 heavy (non-hydrogen) atoms. The van der Waals surface area contributed by atoms with Crippen LogP contribution in [0.2, 0.25) is 0 Å². The first-order valence-corrected chi connectivity index (χ1v) is 6.74. The minimum absolute atomic E-state index is 0. The van der Waals surface area contributed by atoms with Crippen molar-refractivity contribution >= 4 is 58.1 Å². The third-order valence-electron chi connectivity index (χ3n) is 3.08. The maximum absolute atomic E-state index is 12.5. The SMILES string of the molecule is N#CC(C(=O)c1ccccc1)c1cccc2nsnc12.[NaH]. The summed E-state index contributed by atoms with van der Waals surface area (Å²) in [6.07, 6.45) is 0. The van der Waals surface area contributed by atoms with Gasteiger partial charge in [-0.2, -0.15) is 14.0 Å². The quantitative estimate of drug-likeness (QED) is 0.551. The Morgan fingerprint density at radius 1 is 1.10 bits per heavy atom. The van der Waals surface area contributed by atoms with Crippen LogP contribution in [0.25, 0.3) is 11.0 Å². The first-order chi connectivity index (χ1) is 9.81. The second-order valence-electron chi connectivity index (χ2n) is 4.27. The number of ketones is 1. The number of fused-ring (bicyclic) bond motifs is 1. The maximum atomic E-state index is 12.5. The molecule has 0 saturated heterocycles. The molecule has 2 aromatic carbocycles. The molecule has 0 N–H and O–H groups in total. The van der Waals surface area contributed by atoms with E-state index in [9.17, 15) is 10.1 Å². The number of carbonyl (C=O) groups excluding carboxylic acids is 1. The molecule has 3 aromatic rings. The fourth-order valence-corrected chi connectivity index (χ4v) is 2.66. The predicted molar refractivity (Wildman–Crippen MR) is 83.7 cm³/mol. The molecule has 1 unspecified atom stereocenters. The van der Waals surface area contributed by atoms with E-state index < -0.39 is 5.92 Å². The van der Waals surface area contributed by atoms with Crippen LogP contribution in [0.15, 0.2) is 48.5 Å². The molecule has 0 aliphatic carbocycles. The summed E-state index contributed by atoms with van der Waals surface area (Å²) in [5.41, 5.74) is 2.49. The van der Waals surface area contributed by atoms with Gasteiger partial charge in [-0.3, -0.25) is 4.79 Å². The zero-order valence-electron chi connectivity index (χ0n) is 10.4. The summed E-state index contributed by atoms with van der Waals surface area (Å²) in [6.45, 7) is 0. The Morgan fingerprint density at radius 2 is 1.86 bits per heavy atom. The number of nitriles is 1. The summed E-state index contributed by atoms with van der Waals surface area (Å²) in [5, 5.41) is 9.39. The molecule has 98 valence electrons. The van der Waals surface area contributed by atoms with E-state index in [1.165, 1.54) is 0 Å². The molecule has 6 heteroatoms. The fraction of sp³-hybridized carbons (Fsp3) is 0.0667. The number of hydrogen-bond acceptors (Lipinski definition) is 5. The molecule has 1 aromatic heterocycles. The Morgan fingerprint density at radius 3 is 2.57 bits per heavy atom. The second-order valence-corrected chi connectivity index (χ2v) is 4.80. The van der Waals surface area contributed by atoms with Gasteiger partial charge in [0.2, 0.25) is 0 Å². The number of benzene rings is 2. The summed E-state index contributed by atoms with van der Waals surface area (Å²) >= 11 is 1.08. The summed E-state index contributed by atoms with van der Waals surface area (Å²) in [6, 6.07) is 16.3. The van der Waals surface area contributed by atoms with Gasteiger partial charge in [0.05, 0.1) is 17.8 Å². The van der Waals surface area contributed by atoms with Gasteiger partial charge in [-0.15, -0.1) is 0 Å². The van der Waals surface area contributed by atoms with Crippen LogP contribution in [-0.4, -0.2) is 44.1 Å². The van der Waals surface area contributed by atoms with E-state index in [0.29, 0.717) is 22.2 Å². The Labute approximate surface area is 148 Å². The monoisotopic (exact) mass is 303 g/mol. The average molecular weight is 303 g/mol. The van der Waals surface area contributed by atoms with Crippen LogP contribution in [0.4, 0.5) is 0 Å². The van der Waals surface area contributed by atoms with Crippen LogP contribution in [0, 0.1) is 11.3 Å². The van der Waals surface area contributed by atoms with Gasteiger partial charge in [0.25, 0.3) is 0 Å². The number of nitrogens with zero attached hydrogens (tertiary/aromatic N) is 3. The Kier molecular flexibility index (Phi) is 5.21. The molecule has 1 heterocycles. The second kappa shape index (κ2) is 6.92. The number of hydrogen-bond donors (Lipinski definition) is 0. The van der Waals surface area contributed by atoms with Crippen LogP contribution >= 0.6 is 11.7 Å². The zero-order valence-corrected chi connectivity index (χ0v) is 11.2. The van der Waals surface area contributed by atoms with Crippen molar-refractivity contribution in [2.75, 3.05) is 0 Å². The number of Topliss-reactive ketones (excluding diaryl/α,β-unsaturated/α-hetero) is 1. The number of carbonyl (C=O) groups is 1. The van der Waals surface area contributed by atoms with Gasteiger partial charge < -0.3 is 0 Å². The molecule has 0 fully saturated rings. The van der Waals surface area contributed by atoms with Crippen molar-refractivity contribution in [3.63, 3.8) is 0 Å². The van der Waals surface area contributed by atoms with Gasteiger partial charge in [0, 0.05) is 11.1 Å². The van der Waals surface area contributed by atoms with Gasteiger partial charge in [0.15, 0.2) is 5.78 Å². The van der Waals surface area contributed by atoms with E-state index in [2.05, 4.69) is 14.8 Å². The van der Waals surface area contributed by atoms with E-state index in [1.807, 2.05) is 12.1 Å². The van der Waals surface area contributed by atoms with Crippen molar-refractivity contribution < 1.29 is 4.79 Å². The third kappa shape index (κ3) is 3.04. The Bertz CT molecular complexity index is 810. The van der Waals surface area contributed by atoms with Crippen LogP contribution in [0.5, 0.6) is 0 Å². The molecule has 0 aliphatic heterocycles. The molecule has 1 atom stereocenters. The normalized spacial score (nSPS) is 11.4. The van der Waals surface area contributed by atoms with Gasteiger partial charge in [-0.1, -0.05) is 42.5 Å². The van der Waals surface area contributed by atoms with E-state index in [1.54, 1.807) is 36.4 Å². The van der Waals surface area contributed by atoms with E-state index in [4.69, 9.17) is 0 Å². The van der Waals surface area contributed by atoms with Gasteiger partial charge in [-0.25, -0.2) is 0 Å². The van der Waals surface area contributed by atoms with Crippen LogP contribution in [0.3, 0.4) is 0 Å². The van der Waals surface area contributed by atoms with E-state index in [-0.39, 0.29) is 35.3 Å². The Balaban J connectivity index is 0.00000161. The Hall–Kier alpha value is -1.58. The average Bonchev–Trinajstić information content (AvgIpc) is 2.98. The molecule has 0 amide bonds. The fourth-order valence-electron chi connectivity index (χ4n) is 2.10. The van der Waals surface area contributed by atoms with Gasteiger partial charge in [-0.05, 0) is 6.07 Å². The third-order valence-corrected chi connectivity index (χ3v) is 3.62. The summed E-state index contributed by atoms with van der Waals surface area (Å²) < 4.78 is 8.33. The molecule has 3 rings (SSSR count). The van der Waals surface area contributed by atoms with Crippen molar-refractivity contribution in [1.82, 2.24) is 8.75 Å². The molecule has 0 aliphatic rings. The van der Waals surface area contributed by atoms with Crippen molar-refractivity contribution in [2.45, 2.75) is 5.92 Å². The van der Waals surface area contributed by atoms with Crippen molar-refractivity contribution in [1.29, 1.82) is 5.26 Å². The van der Waals surface area contributed by atoms with Gasteiger partial charge in [0.1, 0.15) is 17.0 Å². The minimum atomic E-state index is -0.856. The zero-order chi connectivity index (χ0) is 13.9. The standard InChI is InChI=1S/C15H9N3OS.Na.H/c16-9-12(15(19)10-5-2-1-3-6-10)11-7-4-8-13-14(11)18-20-17-13;;/h1-8,12H;;. The topological polar surface area (TPSA) is 66.6 Å². The van der Waals surface area contributed by atoms with Crippen molar-refractivity contribution in [3.8, 4) is 6.07 Å². The molecule has 0 radical (unpaired) electrons.